The number of nitrogens with zero attached hydrogens (tertiary/aromatic N) is 3. The van der Waals surface area contributed by atoms with Gasteiger partial charge in [0, 0.05) is 59.3 Å². The number of hydrogen-bond donors (Lipinski definition) is 3. The van der Waals surface area contributed by atoms with Crippen LogP contribution < -0.4 is 10.6 Å². The largest absolute Gasteiger partial charge is 0.343 e. The minimum absolute atomic E-state index is 0.127. The third kappa shape index (κ3) is 4.11. The van der Waals surface area contributed by atoms with Crippen LogP contribution in [0.2, 0.25) is 0 Å². The van der Waals surface area contributed by atoms with E-state index < -0.39 is 10.8 Å². The quantitative estimate of drug-likeness (QED) is 0.229. The molecule has 0 amide bonds. The summed E-state index contributed by atoms with van der Waals surface area (Å²) in [5, 5.41) is 19.8. The van der Waals surface area contributed by atoms with Crippen molar-refractivity contribution in [2.45, 2.75) is 77.7 Å². The SMILES string of the molecule is CC1(C)CC(=O)C2=C(C1)Nc1nn(CC3(C)CC(=O)C4=C(C3)Nc3[nH]ncc3C4(C)c3ccccc3)cc1[C@]2(C)c1ccccc1. The summed E-state index contributed by atoms with van der Waals surface area (Å²) in [6, 6.07) is 20.6. The van der Waals surface area contributed by atoms with Gasteiger partial charge in [-0.3, -0.25) is 19.4 Å². The summed E-state index contributed by atoms with van der Waals surface area (Å²) in [4.78, 5) is 28.1. The Morgan fingerprint density at radius 2 is 1.30 bits per heavy atom. The third-order valence-corrected chi connectivity index (χ3v) is 10.9. The Morgan fingerprint density at radius 3 is 1.96 bits per heavy atom. The van der Waals surface area contributed by atoms with Crippen molar-refractivity contribution in [3.8, 4) is 0 Å². The van der Waals surface area contributed by atoms with E-state index in [0.717, 1.165) is 62.9 Å². The summed E-state index contributed by atoms with van der Waals surface area (Å²) in [5.74, 6) is 1.96. The fourth-order valence-electron chi connectivity index (χ4n) is 8.85. The zero-order chi connectivity index (χ0) is 32.1. The molecule has 8 heteroatoms. The van der Waals surface area contributed by atoms with Crippen molar-refractivity contribution in [1.82, 2.24) is 20.0 Å². The monoisotopic (exact) mass is 612 g/mol. The molecule has 0 saturated carbocycles. The van der Waals surface area contributed by atoms with E-state index in [4.69, 9.17) is 5.10 Å². The molecule has 2 aliphatic heterocycles. The minimum Gasteiger partial charge on any atom is -0.343 e. The summed E-state index contributed by atoms with van der Waals surface area (Å²) in [5.41, 5.74) is 5.94. The number of carbonyl (C=O) groups is 2. The number of H-pyrrole nitrogens is 1. The van der Waals surface area contributed by atoms with Gasteiger partial charge >= 0.3 is 0 Å². The van der Waals surface area contributed by atoms with Crippen LogP contribution in [0, 0.1) is 10.8 Å². The summed E-state index contributed by atoms with van der Waals surface area (Å²) in [6.07, 6.45) is 6.33. The van der Waals surface area contributed by atoms with E-state index in [0.29, 0.717) is 25.8 Å². The number of fused-ring (bicyclic) bond motifs is 2. The first-order chi connectivity index (χ1) is 21.9. The second-order valence-electron chi connectivity index (χ2n) is 15.2. The van der Waals surface area contributed by atoms with Gasteiger partial charge in [-0.1, -0.05) is 81.4 Å². The van der Waals surface area contributed by atoms with Crippen molar-refractivity contribution in [1.29, 1.82) is 0 Å². The molecule has 4 heterocycles. The summed E-state index contributed by atoms with van der Waals surface area (Å²) in [6.45, 7) is 11.4. The zero-order valence-corrected chi connectivity index (χ0v) is 27.1. The standard InChI is InChI=1S/C38H40N6O2/c1-35(2)16-27-31(29(45)18-35)38(5,24-14-10-7-11-15-24)26-21-44(43-34(26)41-27)22-36(3)17-28-32(30(46)19-36)37(4,23-12-8-6-9-13-23)25-20-39-42-33(25)40-28/h6-15,20-21H,16-19,22H2,1-5H3,(H,41,43)(H2,39,40,42)/t36?,37?,38-/m0/s1. The van der Waals surface area contributed by atoms with E-state index in [1.54, 1.807) is 0 Å². The highest BCUT2D eigenvalue weighted by Crippen LogP contribution is 2.54. The van der Waals surface area contributed by atoms with Crippen molar-refractivity contribution in [3.05, 3.63) is 118 Å². The third-order valence-electron chi connectivity index (χ3n) is 10.9. The number of nitrogens with one attached hydrogen (secondary N) is 3. The second-order valence-corrected chi connectivity index (χ2v) is 15.2. The van der Waals surface area contributed by atoms with Crippen molar-refractivity contribution in [2.24, 2.45) is 10.8 Å². The second kappa shape index (κ2) is 9.64. The number of anilines is 2. The van der Waals surface area contributed by atoms with Crippen LogP contribution in [0.25, 0.3) is 0 Å². The number of ketones is 2. The average molecular weight is 613 g/mol. The molecule has 8 nitrogen and oxygen atoms in total. The molecule has 0 spiro atoms. The number of carbonyl (C=O) groups excluding carboxylic acids is 2. The lowest BCUT2D eigenvalue weighted by Crippen LogP contribution is -2.43. The van der Waals surface area contributed by atoms with Gasteiger partial charge in [0.25, 0.3) is 0 Å². The Kier molecular flexibility index (Phi) is 6.02. The number of hydrogen-bond acceptors (Lipinski definition) is 6. The van der Waals surface area contributed by atoms with E-state index in [2.05, 4.69) is 85.9 Å². The topological polar surface area (TPSA) is 105 Å². The number of aromatic nitrogens is 4. The van der Waals surface area contributed by atoms with Gasteiger partial charge in [0.15, 0.2) is 17.4 Å². The molecule has 2 aromatic carbocycles. The van der Waals surface area contributed by atoms with Crippen LogP contribution in [0.15, 0.2) is 95.6 Å². The molecule has 2 aliphatic carbocycles. The number of allylic oxidation sites excluding steroid dienone is 4. The molecule has 0 bridgehead atoms. The fourth-order valence-corrected chi connectivity index (χ4v) is 8.85. The van der Waals surface area contributed by atoms with Crippen LogP contribution in [0.5, 0.6) is 0 Å². The number of benzene rings is 2. The van der Waals surface area contributed by atoms with Gasteiger partial charge in [-0.05, 0) is 48.6 Å². The molecule has 3 N–H and O–H groups in total. The molecule has 4 aromatic rings. The smallest absolute Gasteiger partial charge is 0.162 e. The molecule has 234 valence electrons. The molecule has 2 aromatic heterocycles. The summed E-state index contributed by atoms with van der Waals surface area (Å²) in [7, 11) is 0. The molecule has 0 radical (unpaired) electrons. The molecular weight excluding hydrogens is 572 g/mol. The predicted octanol–water partition coefficient (Wildman–Crippen LogP) is 7.04. The summed E-state index contributed by atoms with van der Waals surface area (Å²) >= 11 is 0. The van der Waals surface area contributed by atoms with Crippen LogP contribution in [0.4, 0.5) is 11.6 Å². The average Bonchev–Trinajstić information content (AvgIpc) is 3.64. The van der Waals surface area contributed by atoms with Gasteiger partial charge in [-0.2, -0.15) is 10.2 Å². The maximum absolute atomic E-state index is 14.3. The van der Waals surface area contributed by atoms with E-state index in [-0.39, 0.29) is 22.4 Å². The van der Waals surface area contributed by atoms with E-state index >= 15 is 0 Å². The zero-order valence-electron chi connectivity index (χ0n) is 27.1. The molecule has 0 fully saturated rings. The van der Waals surface area contributed by atoms with Gasteiger partial charge in [0.2, 0.25) is 0 Å². The Morgan fingerprint density at radius 1 is 0.717 bits per heavy atom. The van der Waals surface area contributed by atoms with Crippen molar-refractivity contribution in [2.75, 3.05) is 10.6 Å². The predicted molar refractivity (Wildman–Crippen MR) is 178 cm³/mol. The molecule has 8 rings (SSSR count). The number of rotatable bonds is 4. The number of aromatic amines is 1. The lowest BCUT2D eigenvalue weighted by Gasteiger charge is -2.44. The first-order valence-corrected chi connectivity index (χ1v) is 16.2. The normalized spacial score (nSPS) is 28.1. The Hall–Kier alpha value is -4.72. The molecule has 0 saturated heterocycles. The summed E-state index contributed by atoms with van der Waals surface area (Å²) < 4.78 is 1.99. The van der Waals surface area contributed by atoms with Gasteiger partial charge < -0.3 is 10.6 Å². The van der Waals surface area contributed by atoms with Crippen molar-refractivity contribution < 1.29 is 9.59 Å². The van der Waals surface area contributed by atoms with Crippen LogP contribution in [-0.2, 0) is 27.0 Å². The lowest BCUT2D eigenvalue weighted by molar-refractivity contribution is -0.119. The van der Waals surface area contributed by atoms with Crippen LogP contribution >= 0.6 is 0 Å². The van der Waals surface area contributed by atoms with Gasteiger partial charge in [-0.15, -0.1) is 0 Å². The molecule has 2 unspecified atom stereocenters. The highest BCUT2D eigenvalue weighted by Gasteiger charge is 2.51. The van der Waals surface area contributed by atoms with E-state index in [9.17, 15) is 9.59 Å². The highest BCUT2D eigenvalue weighted by atomic mass is 16.1. The molecule has 4 aliphatic rings. The Bertz CT molecular complexity index is 1980. The van der Waals surface area contributed by atoms with Crippen LogP contribution in [-0.4, -0.2) is 31.5 Å². The maximum Gasteiger partial charge on any atom is 0.162 e. The van der Waals surface area contributed by atoms with Crippen molar-refractivity contribution in [3.63, 3.8) is 0 Å². The Balaban J connectivity index is 1.18. The molecular formula is C38H40N6O2. The van der Waals surface area contributed by atoms with Crippen LogP contribution in [0.1, 0.15) is 82.6 Å². The molecule has 3 atom stereocenters. The van der Waals surface area contributed by atoms with E-state index in [1.807, 2.05) is 47.3 Å². The highest BCUT2D eigenvalue weighted by molar-refractivity contribution is 6.03. The minimum atomic E-state index is -0.637. The van der Waals surface area contributed by atoms with Gasteiger partial charge in [0.1, 0.15) is 5.82 Å². The van der Waals surface area contributed by atoms with Crippen molar-refractivity contribution >= 4 is 23.2 Å². The van der Waals surface area contributed by atoms with E-state index in [1.165, 1.54) is 0 Å². The van der Waals surface area contributed by atoms with Gasteiger partial charge in [0.05, 0.1) is 17.0 Å². The van der Waals surface area contributed by atoms with Gasteiger partial charge in [-0.25, -0.2) is 0 Å². The Labute approximate surface area is 269 Å². The first-order valence-electron chi connectivity index (χ1n) is 16.2. The lowest BCUT2D eigenvalue weighted by atomic mass is 9.62. The first kappa shape index (κ1) is 28.7. The fraction of sp³-hybridized carbons (Fsp3) is 0.368. The maximum atomic E-state index is 14.3. The van der Waals surface area contributed by atoms with Crippen LogP contribution in [0.3, 0.4) is 0 Å². The molecule has 46 heavy (non-hydrogen) atoms. The number of Topliss-reactive ketones (excluding diaryl/α,β-unsaturated/α-hetero) is 2.